The summed E-state index contributed by atoms with van der Waals surface area (Å²) in [6, 6.07) is 6.75. The van der Waals surface area contributed by atoms with Crippen LogP contribution in [-0.4, -0.2) is 33.4 Å². The molecule has 0 saturated carbocycles. The van der Waals surface area contributed by atoms with Crippen LogP contribution in [0.4, 0.5) is 5.13 Å². The number of aromatic amines is 1. The Hall–Kier alpha value is -1.92. The molecule has 3 aromatic rings. The van der Waals surface area contributed by atoms with E-state index < -0.39 is 0 Å². The highest BCUT2D eigenvalue weighted by Crippen LogP contribution is 2.33. The van der Waals surface area contributed by atoms with Crippen molar-refractivity contribution in [1.82, 2.24) is 19.9 Å². The first-order valence-electron chi connectivity index (χ1n) is 8.05. The van der Waals surface area contributed by atoms with Gasteiger partial charge in [0, 0.05) is 19.0 Å². The van der Waals surface area contributed by atoms with Crippen LogP contribution in [-0.2, 0) is 6.54 Å². The summed E-state index contributed by atoms with van der Waals surface area (Å²) in [6.45, 7) is 4.11. The molecular weight excluding hydrogens is 306 g/mol. The van der Waals surface area contributed by atoms with Gasteiger partial charge in [-0.05, 0) is 44.0 Å². The average molecular weight is 327 g/mol. The van der Waals surface area contributed by atoms with Gasteiger partial charge in [0.1, 0.15) is 5.82 Å². The first-order valence-corrected chi connectivity index (χ1v) is 8.93. The van der Waals surface area contributed by atoms with E-state index in [-0.39, 0.29) is 0 Å². The molecule has 2 N–H and O–H groups in total. The molecule has 1 aromatic carbocycles. The van der Waals surface area contributed by atoms with E-state index in [9.17, 15) is 0 Å². The summed E-state index contributed by atoms with van der Waals surface area (Å²) in [5.74, 6) is 1.09. The van der Waals surface area contributed by atoms with Gasteiger partial charge >= 0.3 is 0 Å². The molecule has 1 fully saturated rings. The number of nitrogens with zero attached hydrogens (tertiary/aromatic N) is 3. The maximum absolute atomic E-state index is 4.82. The Balaban J connectivity index is 1.58. The Kier molecular flexibility index (Phi) is 3.79. The van der Waals surface area contributed by atoms with E-state index in [1.807, 2.05) is 7.05 Å². The topological polar surface area (TPSA) is 56.8 Å². The van der Waals surface area contributed by atoms with Crippen LogP contribution in [0.1, 0.15) is 36.0 Å². The average Bonchev–Trinajstić information content (AvgIpc) is 3.25. The molecule has 0 spiro atoms. The fourth-order valence-corrected chi connectivity index (χ4v) is 3.99. The fraction of sp³-hybridized carbons (Fsp3) is 0.412. The zero-order valence-electron chi connectivity index (χ0n) is 13.5. The predicted octanol–water partition coefficient (Wildman–Crippen LogP) is 3.71. The highest BCUT2D eigenvalue weighted by atomic mass is 32.1. The monoisotopic (exact) mass is 327 g/mol. The fourth-order valence-electron chi connectivity index (χ4n) is 3.33. The van der Waals surface area contributed by atoms with Crippen molar-refractivity contribution in [2.24, 2.45) is 0 Å². The molecule has 0 amide bonds. The smallest absolute Gasteiger partial charge is 0.182 e. The molecule has 1 aliphatic heterocycles. The van der Waals surface area contributed by atoms with Crippen LogP contribution in [0.2, 0.25) is 0 Å². The molecule has 4 rings (SSSR count). The number of anilines is 1. The molecule has 2 aromatic heterocycles. The van der Waals surface area contributed by atoms with Crippen molar-refractivity contribution in [1.29, 1.82) is 0 Å². The van der Waals surface area contributed by atoms with Gasteiger partial charge in [-0.25, -0.2) is 9.97 Å². The quantitative estimate of drug-likeness (QED) is 0.767. The molecule has 1 aliphatic rings. The van der Waals surface area contributed by atoms with Crippen LogP contribution in [0.25, 0.3) is 11.0 Å². The van der Waals surface area contributed by atoms with Crippen LogP contribution in [0.3, 0.4) is 0 Å². The van der Waals surface area contributed by atoms with E-state index in [2.05, 4.69) is 50.7 Å². The number of benzene rings is 1. The third-order valence-corrected chi connectivity index (χ3v) is 5.37. The second-order valence-electron chi connectivity index (χ2n) is 6.17. The maximum atomic E-state index is 4.82. The van der Waals surface area contributed by atoms with Gasteiger partial charge in [-0.1, -0.05) is 6.07 Å². The third-order valence-electron chi connectivity index (χ3n) is 4.47. The van der Waals surface area contributed by atoms with E-state index in [4.69, 9.17) is 4.98 Å². The Morgan fingerprint density at radius 2 is 2.30 bits per heavy atom. The Labute approximate surface area is 139 Å². The number of thiazole rings is 1. The van der Waals surface area contributed by atoms with Gasteiger partial charge < -0.3 is 10.3 Å². The van der Waals surface area contributed by atoms with Crippen molar-refractivity contribution in [3.63, 3.8) is 0 Å². The van der Waals surface area contributed by atoms with Gasteiger partial charge in [-0.2, -0.15) is 0 Å². The summed E-state index contributed by atoms with van der Waals surface area (Å²) in [5, 5.41) is 6.23. The first kappa shape index (κ1) is 14.7. The molecule has 0 aliphatic carbocycles. The van der Waals surface area contributed by atoms with Crippen LogP contribution >= 0.6 is 11.3 Å². The van der Waals surface area contributed by atoms with Gasteiger partial charge in [-0.3, -0.25) is 4.90 Å². The first-order chi connectivity index (χ1) is 11.2. The number of hydrogen-bond acceptors (Lipinski definition) is 5. The highest BCUT2D eigenvalue weighted by Gasteiger charge is 2.29. The van der Waals surface area contributed by atoms with Crippen molar-refractivity contribution < 1.29 is 0 Å². The Morgan fingerprint density at radius 3 is 3.13 bits per heavy atom. The second kappa shape index (κ2) is 5.94. The summed E-state index contributed by atoms with van der Waals surface area (Å²) in [5.41, 5.74) is 4.60. The lowest BCUT2D eigenvalue weighted by atomic mass is 10.2. The molecule has 5 nitrogen and oxygen atoms in total. The molecule has 3 heterocycles. The highest BCUT2D eigenvalue weighted by molar-refractivity contribution is 7.13. The number of H-pyrrole nitrogens is 1. The van der Waals surface area contributed by atoms with E-state index in [0.717, 1.165) is 47.2 Å². The summed E-state index contributed by atoms with van der Waals surface area (Å²) in [6.07, 6.45) is 2.37. The normalized spacial score (nSPS) is 18.8. The number of fused-ring (bicyclic) bond motifs is 1. The zero-order valence-corrected chi connectivity index (χ0v) is 14.3. The van der Waals surface area contributed by atoms with Crippen LogP contribution < -0.4 is 5.32 Å². The number of aryl methyl sites for hydroxylation is 1. The maximum Gasteiger partial charge on any atom is 0.182 e. The molecule has 0 radical (unpaired) electrons. The number of imidazole rings is 1. The summed E-state index contributed by atoms with van der Waals surface area (Å²) in [7, 11) is 1.91. The molecule has 1 atom stereocenters. The largest absolute Gasteiger partial charge is 0.365 e. The Bertz CT molecular complexity index is 821. The number of likely N-dealkylation sites (tertiary alicyclic amines) is 1. The van der Waals surface area contributed by atoms with Crippen molar-refractivity contribution in [2.45, 2.75) is 32.4 Å². The SMILES string of the molecule is CNc1nc(CN2CCC[C@H]2c2nc3ccc(C)cc3[nH]2)cs1. The summed E-state index contributed by atoms with van der Waals surface area (Å²) >= 11 is 1.66. The van der Waals surface area contributed by atoms with Gasteiger partial charge in [0.2, 0.25) is 0 Å². The number of hydrogen-bond donors (Lipinski definition) is 2. The standard InChI is InChI=1S/C17H21N5S/c1-11-5-6-13-14(8-11)21-16(20-13)15-4-3-7-22(15)9-12-10-23-17(18-2)19-12/h5-6,8,10,15H,3-4,7,9H2,1-2H3,(H,18,19)(H,20,21)/t15-/m0/s1. The Morgan fingerprint density at radius 1 is 1.39 bits per heavy atom. The van der Waals surface area contributed by atoms with Gasteiger partial charge in [0.15, 0.2) is 5.13 Å². The van der Waals surface area contributed by atoms with Crippen LogP contribution in [0.15, 0.2) is 23.6 Å². The van der Waals surface area contributed by atoms with Gasteiger partial charge in [0.05, 0.1) is 22.8 Å². The third kappa shape index (κ3) is 2.84. The zero-order chi connectivity index (χ0) is 15.8. The minimum Gasteiger partial charge on any atom is -0.365 e. The predicted molar refractivity (Wildman–Crippen MR) is 94.9 cm³/mol. The number of rotatable bonds is 4. The lowest BCUT2D eigenvalue weighted by Crippen LogP contribution is -2.23. The van der Waals surface area contributed by atoms with Crippen LogP contribution in [0.5, 0.6) is 0 Å². The molecule has 0 bridgehead atoms. The number of aromatic nitrogens is 3. The minimum absolute atomic E-state index is 0.363. The minimum atomic E-state index is 0.363. The van der Waals surface area contributed by atoms with E-state index in [1.165, 1.54) is 12.0 Å². The van der Waals surface area contributed by atoms with E-state index in [0.29, 0.717) is 6.04 Å². The van der Waals surface area contributed by atoms with Crippen molar-refractivity contribution in [3.8, 4) is 0 Å². The summed E-state index contributed by atoms with van der Waals surface area (Å²) in [4.78, 5) is 15.4. The second-order valence-corrected chi connectivity index (χ2v) is 7.02. The van der Waals surface area contributed by atoms with Gasteiger partial charge in [0.25, 0.3) is 0 Å². The number of nitrogens with one attached hydrogen (secondary N) is 2. The summed E-state index contributed by atoms with van der Waals surface area (Å²) < 4.78 is 0. The van der Waals surface area contributed by atoms with Crippen molar-refractivity contribution in [2.75, 3.05) is 18.9 Å². The lowest BCUT2D eigenvalue weighted by molar-refractivity contribution is 0.239. The molecule has 1 saturated heterocycles. The van der Waals surface area contributed by atoms with Crippen molar-refractivity contribution in [3.05, 3.63) is 40.7 Å². The van der Waals surface area contributed by atoms with E-state index >= 15 is 0 Å². The molecule has 120 valence electrons. The molecular formula is C17H21N5S. The molecule has 6 heteroatoms. The molecule has 0 unspecified atom stereocenters. The molecule has 23 heavy (non-hydrogen) atoms. The van der Waals surface area contributed by atoms with Crippen LogP contribution in [0, 0.1) is 6.92 Å². The lowest BCUT2D eigenvalue weighted by Gasteiger charge is -2.21. The van der Waals surface area contributed by atoms with E-state index in [1.54, 1.807) is 11.3 Å². The van der Waals surface area contributed by atoms with Gasteiger partial charge in [-0.15, -0.1) is 11.3 Å². The van der Waals surface area contributed by atoms with Crippen molar-refractivity contribution >= 4 is 27.5 Å².